The summed E-state index contributed by atoms with van der Waals surface area (Å²) in [5, 5.41) is 6.29. The lowest BCUT2D eigenvalue weighted by atomic mass is 10.1. The van der Waals surface area contributed by atoms with Crippen molar-refractivity contribution >= 4 is 39.0 Å². The van der Waals surface area contributed by atoms with Gasteiger partial charge < -0.3 is 21.3 Å². The molecule has 4 heterocycles. The first-order valence-corrected chi connectivity index (χ1v) is 11.4. The first-order chi connectivity index (χ1) is 15.0. The van der Waals surface area contributed by atoms with Crippen LogP contribution in [0.25, 0.3) is 10.3 Å². The maximum Gasteiger partial charge on any atom is 0.263 e. The number of nitrogens with one attached hydrogen (secondary N) is 2. The Hall–Kier alpha value is -2.78. The molecule has 1 amide bonds. The molecule has 9 heteroatoms. The highest BCUT2D eigenvalue weighted by Gasteiger charge is 2.36. The van der Waals surface area contributed by atoms with Crippen molar-refractivity contribution in [2.75, 3.05) is 30.3 Å². The summed E-state index contributed by atoms with van der Waals surface area (Å²) in [7, 11) is 0. The number of aryl methyl sites for hydroxylation is 1. The lowest BCUT2D eigenvalue weighted by Crippen LogP contribution is -2.52. The van der Waals surface area contributed by atoms with E-state index in [2.05, 4.69) is 25.5 Å². The van der Waals surface area contributed by atoms with Gasteiger partial charge in [-0.1, -0.05) is 6.07 Å². The van der Waals surface area contributed by atoms with Crippen LogP contribution in [0.1, 0.15) is 33.8 Å². The molecule has 2 fully saturated rings. The number of piperazine rings is 1. The van der Waals surface area contributed by atoms with Gasteiger partial charge >= 0.3 is 0 Å². The number of hydrogen-bond acceptors (Lipinski definition) is 7. The molecule has 2 aliphatic rings. The Morgan fingerprint density at radius 3 is 2.87 bits per heavy atom. The highest BCUT2D eigenvalue weighted by Crippen LogP contribution is 2.33. The number of carbonyl (C=O) groups is 1. The van der Waals surface area contributed by atoms with Gasteiger partial charge in [0.2, 0.25) is 0 Å². The average molecular weight is 441 g/mol. The van der Waals surface area contributed by atoms with Gasteiger partial charge in [0, 0.05) is 43.6 Å². The molecular formula is C22H25FN6OS. The number of halogens is 1. The Morgan fingerprint density at radius 1 is 1.35 bits per heavy atom. The molecule has 0 spiro atoms. The van der Waals surface area contributed by atoms with Crippen LogP contribution in [0.2, 0.25) is 0 Å². The number of nitrogens with two attached hydrogens (primary N) is 1. The lowest BCUT2D eigenvalue weighted by Gasteiger charge is -2.37. The summed E-state index contributed by atoms with van der Waals surface area (Å²) in [6.07, 6.45) is 4.34. The predicted molar refractivity (Wildman–Crippen MR) is 121 cm³/mol. The zero-order valence-electron chi connectivity index (χ0n) is 17.3. The van der Waals surface area contributed by atoms with Gasteiger partial charge in [0.15, 0.2) is 0 Å². The third-order valence-corrected chi connectivity index (χ3v) is 7.25. The van der Waals surface area contributed by atoms with Crippen LogP contribution < -0.4 is 21.3 Å². The Labute approximate surface area is 183 Å². The molecular weight excluding hydrogens is 415 g/mol. The van der Waals surface area contributed by atoms with Gasteiger partial charge in [-0.15, -0.1) is 11.3 Å². The fourth-order valence-corrected chi connectivity index (χ4v) is 5.64. The summed E-state index contributed by atoms with van der Waals surface area (Å²) in [5.74, 6) is -0.510. The first kappa shape index (κ1) is 20.1. The molecule has 0 aliphatic carbocycles. The highest BCUT2D eigenvalue weighted by molar-refractivity contribution is 7.21. The summed E-state index contributed by atoms with van der Waals surface area (Å²) in [4.78, 5) is 24.6. The first-order valence-electron chi connectivity index (χ1n) is 10.6. The van der Waals surface area contributed by atoms with Crippen molar-refractivity contribution in [1.82, 2.24) is 20.6 Å². The number of carbonyl (C=O) groups excluding carboxylic acids is 1. The SMILES string of the molecule is Cc1cnc2c(N)c(C(=O)NCCc3ccc(N4C5CCC4CNC5)cc3F)sc2n1. The second-order valence-electron chi connectivity index (χ2n) is 8.24. The van der Waals surface area contributed by atoms with Gasteiger partial charge in [-0.25, -0.2) is 14.4 Å². The van der Waals surface area contributed by atoms with Crippen LogP contribution in [-0.4, -0.2) is 47.6 Å². The number of rotatable bonds is 5. The van der Waals surface area contributed by atoms with Crippen LogP contribution in [0.5, 0.6) is 0 Å². The van der Waals surface area contributed by atoms with E-state index in [0.29, 0.717) is 51.5 Å². The van der Waals surface area contributed by atoms with E-state index in [1.165, 1.54) is 11.3 Å². The molecule has 0 radical (unpaired) electrons. The summed E-state index contributed by atoms with van der Waals surface area (Å²) >= 11 is 1.22. The third-order valence-electron chi connectivity index (χ3n) is 6.16. The van der Waals surface area contributed by atoms with Crippen LogP contribution in [0.4, 0.5) is 15.8 Å². The van der Waals surface area contributed by atoms with Crippen molar-refractivity contribution in [1.29, 1.82) is 0 Å². The Bertz CT molecular complexity index is 1130. The number of hydrogen-bond donors (Lipinski definition) is 3. The molecule has 162 valence electrons. The second kappa shape index (κ2) is 8.05. The second-order valence-corrected chi connectivity index (χ2v) is 9.24. The zero-order valence-corrected chi connectivity index (χ0v) is 18.1. The summed E-state index contributed by atoms with van der Waals surface area (Å²) in [6.45, 7) is 4.07. The minimum absolute atomic E-state index is 0.227. The normalized spacial score (nSPS) is 20.4. The maximum atomic E-state index is 14.8. The molecule has 0 saturated carbocycles. The van der Waals surface area contributed by atoms with Crippen molar-refractivity contribution in [3.63, 3.8) is 0 Å². The molecule has 3 aromatic rings. The van der Waals surface area contributed by atoms with E-state index in [9.17, 15) is 9.18 Å². The van der Waals surface area contributed by atoms with Gasteiger partial charge in [-0.2, -0.15) is 0 Å². The minimum atomic E-state index is -0.283. The number of thiophene rings is 1. The zero-order chi connectivity index (χ0) is 21.5. The van der Waals surface area contributed by atoms with E-state index in [1.54, 1.807) is 12.3 Å². The summed E-state index contributed by atoms with van der Waals surface area (Å²) in [6, 6.07) is 6.37. The quantitative estimate of drug-likeness (QED) is 0.565. The largest absolute Gasteiger partial charge is 0.396 e. The van der Waals surface area contributed by atoms with Gasteiger partial charge in [0.1, 0.15) is 21.0 Å². The number of amides is 1. The maximum absolute atomic E-state index is 14.8. The van der Waals surface area contributed by atoms with Crippen molar-refractivity contribution in [3.8, 4) is 0 Å². The summed E-state index contributed by atoms with van der Waals surface area (Å²) in [5.41, 5.74) is 9.29. The van der Waals surface area contributed by atoms with Gasteiger partial charge in [0.25, 0.3) is 5.91 Å². The topological polar surface area (TPSA) is 96.2 Å². The van der Waals surface area contributed by atoms with Crippen LogP contribution in [0.15, 0.2) is 24.4 Å². The predicted octanol–water partition coefficient (Wildman–Crippen LogP) is 2.63. The molecule has 2 atom stereocenters. The Kier molecular flexibility index (Phi) is 5.23. The van der Waals surface area contributed by atoms with Crippen molar-refractivity contribution in [2.24, 2.45) is 0 Å². The molecule has 2 unspecified atom stereocenters. The van der Waals surface area contributed by atoms with Crippen LogP contribution >= 0.6 is 11.3 Å². The van der Waals surface area contributed by atoms with Gasteiger partial charge in [-0.05, 0) is 43.9 Å². The Morgan fingerprint density at radius 2 is 2.13 bits per heavy atom. The monoisotopic (exact) mass is 440 g/mol. The fourth-order valence-electron chi connectivity index (χ4n) is 4.63. The number of aromatic nitrogens is 2. The number of nitrogen functional groups attached to an aromatic ring is 1. The molecule has 1 aromatic carbocycles. The van der Waals surface area contributed by atoms with E-state index < -0.39 is 0 Å². The minimum Gasteiger partial charge on any atom is -0.396 e. The average Bonchev–Trinajstić information content (AvgIpc) is 3.21. The molecule has 2 bridgehead atoms. The molecule has 2 aliphatic heterocycles. The van der Waals surface area contributed by atoms with E-state index >= 15 is 0 Å². The number of fused-ring (bicyclic) bond motifs is 3. The number of benzene rings is 1. The fraction of sp³-hybridized carbons (Fsp3) is 0.409. The smallest absolute Gasteiger partial charge is 0.263 e. The van der Waals surface area contributed by atoms with Crippen LogP contribution in [-0.2, 0) is 6.42 Å². The van der Waals surface area contributed by atoms with E-state index in [4.69, 9.17) is 5.73 Å². The lowest BCUT2D eigenvalue weighted by molar-refractivity contribution is 0.0959. The Balaban J connectivity index is 1.23. The van der Waals surface area contributed by atoms with E-state index in [-0.39, 0.29) is 11.7 Å². The van der Waals surface area contributed by atoms with Crippen LogP contribution in [0.3, 0.4) is 0 Å². The van der Waals surface area contributed by atoms with Gasteiger partial charge in [0.05, 0.1) is 11.4 Å². The molecule has 7 nitrogen and oxygen atoms in total. The number of anilines is 2. The van der Waals surface area contributed by atoms with E-state index in [0.717, 1.165) is 37.3 Å². The van der Waals surface area contributed by atoms with Crippen molar-refractivity contribution in [3.05, 3.63) is 46.3 Å². The van der Waals surface area contributed by atoms with Gasteiger partial charge in [-0.3, -0.25) is 4.79 Å². The molecule has 2 saturated heterocycles. The van der Waals surface area contributed by atoms with E-state index in [1.807, 2.05) is 19.1 Å². The number of nitrogens with zero attached hydrogens (tertiary/aromatic N) is 3. The molecule has 31 heavy (non-hydrogen) atoms. The van der Waals surface area contributed by atoms with Crippen molar-refractivity contribution in [2.45, 2.75) is 38.3 Å². The third kappa shape index (κ3) is 3.72. The summed E-state index contributed by atoms with van der Waals surface area (Å²) < 4.78 is 14.8. The standard InChI is InChI=1S/C22H25FN6OS/c1-12-9-27-19-18(24)20(31-22(19)28-12)21(30)26-7-6-13-2-3-14(8-17(13)23)29-15-4-5-16(29)11-25-10-15/h2-3,8-9,15-16,25H,4-7,10-11,24H2,1H3,(H,26,30). The van der Waals surface area contributed by atoms with Crippen molar-refractivity contribution < 1.29 is 9.18 Å². The molecule has 5 rings (SSSR count). The van der Waals surface area contributed by atoms with Crippen LogP contribution in [0, 0.1) is 12.7 Å². The molecule has 4 N–H and O–H groups in total. The highest BCUT2D eigenvalue weighted by atomic mass is 32.1. The molecule has 2 aromatic heterocycles.